The number of rotatable bonds is 4. The van der Waals surface area contributed by atoms with Gasteiger partial charge < -0.3 is 24.0 Å². The molecule has 2 amide bonds. The van der Waals surface area contributed by atoms with Gasteiger partial charge >= 0.3 is 0 Å². The minimum Gasteiger partial charge on any atom is -0.497 e. The smallest absolute Gasteiger partial charge is 0.228 e. The molecular weight excluding hydrogens is 358 g/mol. The molecule has 0 radical (unpaired) electrons. The monoisotopic (exact) mass is 383 g/mol. The van der Waals surface area contributed by atoms with Gasteiger partial charge in [-0.3, -0.25) is 9.59 Å². The Morgan fingerprint density at radius 3 is 2.46 bits per heavy atom. The molecule has 1 atom stereocenters. The van der Waals surface area contributed by atoms with Crippen molar-refractivity contribution in [1.82, 2.24) is 14.5 Å². The lowest BCUT2D eigenvalue weighted by molar-refractivity contribution is -0.136. The largest absolute Gasteiger partial charge is 0.497 e. The van der Waals surface area contributed by atoms with Crippen LogP contribution < -0.4 is 14.5 Å². The standard InChI is InChI=1S/C20H25N5O3/c1-22-8-7-21-20(22)24-11-9-23(10-12-24)19(27)15-13-18(26)25(14-15)16-3-5-17(28-2)6-4-16/h3-8,15H,9-14H2,1-2H3. The van der Waals surface area contributed by atoms with Gasteiger partial charge in [0.05, 0.1) is 13.0 Å². The van der Waals surface area contributed by atoms with E-state index in [-0.39, 0.29) is 24.2 Å². The molecule has 1 aromatic heterocycles. The number of hydrogen-bond acceptors (Lipinski definition) is 5. The van der Waals surface area contributed by atoms with Crippen LogP contribution in [0, 0.1) is 5.92 Å². The normalized spacial score (nSPS) is 20.0. The number of ether oxygens (including phenoxy) is 1. The number of carbonyl (C=O) groups excluding carboxylic acids is 2. The van der Waals surface area contributed by atoms with Gasteiger partial charge in [0.15, 0.2) is 0 Å². The summed E-state index contributed by atoms with van der Waals surface area (Å²) in [6.07, 6.45) is 3.97. The number of amides is 2. The van der Waals surface area contributed by atoms with Crippen LogP contribution in [0.15, 0.2) is 36.7 Å². The van der Waals surface area contributed by atoms with Crippen molar-refractivity contribution in [3.63, 3.8) is 0 Å². The van der Waals surface area contributed by atoms with Gasteiger partial charge in [-0.15, -0.1) is 0 Å². The minimum absolute atomic E-state index is 0.00448. The van der Waals surface area contributed by atoms with Gasteiger partial charge in [-0.2, -0.15) is 0 Å². The van der Waals surface area contributed by atoms with Crippen molar-refractivity contribution in [1.29, 1.82) is 0 Å². The Hall–Kier alpha value is -3.03. The molecule has 2 fully saturated rings. The van der Waals surface area contributed by atoms with Crippen molar-refractivity contribution in [2.24, 2.45) is 13.0 Å². The molecule has 2 saturated heterocycles. The number of carbonyl (C=O) groups is 2. The summed E-state index contributed by atoms with van der Waals surface area (Å²) in [5, 5.41) is 0. The van der Waals surface area contributed by atoms with Crippen LogP contribution in [0.1, 0.15) is 6.42 Å². The molecule has 2 aliphatic heterocycles. The Bertz CT molecular complexity index is 855. The summed E-state index contributed by atoms with van der Waals surface area (Å²) in [7, 11) is 3.58. The lowest BCUT2D eigenvalue weighted by atomic mass is 10.1. The minimum atomic E-state index is -0.283. The van der Waals surface area contributed by atoms with Crippen molar-refractivity contribution < 1.29 is 14.3 Å². The number of nitrogens with zero attached hydrogens (tertiary/aromatic N) is 5. The first-order valence-corrected chi connectivity index (χ1v) is 9.52. The number of imidazole rings is 1. The van der Waals surface area contributed by atoms with Crippen molar-refractivity contribution in [2.75, 3.05) is 49.6 Å². The second-order valence-electron chi connectivity index (χ2n) is 7.25. The highest BCUT2D eigenvalue weighted by atomic mass is 16.5. The summed E-state index contributed by atoms with van der Waals surface area (Å²) in [6.45, 7) is 3.24. The number of hydrogen-bond donors (Lipinski definition) is 0. The van der Waals surface area contributed by atoms with Gasteiger partial charge in [0, 0.05) is 64.3 Å². The zero-order valence-electron chi connectivity index (χ0n) is 16.2. The lowest BCUT2D eigenvalue weighted by Crippen LogP contribution is -2.51. The van der Waals surface area contributed by atoms with E-state index in [0.29, 0.717) is 19.6 Å². The van der Waals surface area contributed by atoms with Crippen molar-refractivity contribution >= 4 is 23.5 Å². The Balaban J connectivity index is 1.36. The predicted molar refractivity (Wildman–Crippen MR) is 105 cm³/mol. The molecule has 0 saturated carbocycles. The fourth-order valence-corrected chi connectivity index (χ4v) is 3.93. The summed E-state index contributed by atoms with van der Waals surface area (Å²) in [4.78, 5) is 35.6. The van der Waals surface area contributed by atoms with E-state index in [1.807, 2.05) is 47.0 Å². The Labute approximate surface area is 164 Å². The van der Waals surface area contributed by atoms with E-state index in [4.69, 9.17) is 4.74 Å². The van der Waals surface area contributed by atoms with E-state index < -0.39 is 0 Å². The molecular formula is C20H25N5O3. The third kappa shape index (κ3) is 3.42. The lowest BCUT2D eigenvalue weighted by Gasteiger charge is -2.36. The maximum atomic E-state index is 13.0. The topological polar surface area (TPSA) is 70.9 Å². The molecule has 8 heteroatoms. The van der Waals surface area contributed by atoms with Crippen molar-refractivity contribution in [3.8, 4) is 5.75 Å². The van der Waals surface area contributed by atoms with Crippen LogP contribution >= 0.6 is 0 Å². The van der Waals surface area contributed by atoms with E-state index in [2.05, 4.69) is 9.88 Å². The molecule has 148 valence electrons. The second kappa shape index (κ2) is 7.53. The van der Waals surface area contributed by atoms with Crippen LogP contribution in [0.25, 0.3) is 0 Å². The zero-order chi connectivity index (χ0) is 19.7. The first-order chi connectivity index (χ1) is 13.6. The van der Waals surface area contributed by atoms with E-state index in [1.165, 1.54) is 0 Å². The van der Waals surface area contributed by atoms with Gasteiger partial charge in [0.2, 0.25) is 17.8 Å². The molecule has 2 aromatic rings. The molecule has 0 spiro atoms. The van der Waals surface area contributed by atoms with Crippen molar-refractivity contribution in [3.05, 3.63) is 36.7 Å². The zero-order valence-corrected chi connectivity index (χ0v) is 16.2. The Kier molecular flexibility index (Phi) is 4.93. The van der Waals surface area contributed by atoms with Crippen molar-refractivity contribution in [2.45, 2.75) is 6.42 Å². The van der Waals surface area contributed by atoms with Gasteiger partial charge in [-0.1, -0.05) is 0 Å². The number of methoxy groups -OCH3 is 1. The molecule has 0 N–H and O–H groups in total. The summed E-state index contributed by atoms with van der Waals surface area (Å²) in [6, 6.07) is 7.37. The molecule has 3 heterocycles. The SMILES string of the molecule is COc1ccc(N2CC(C(=O)N3CCN(c4nccn4C)CC3)CC2=O)cc1. The van der Waals surface area contributed by atoms with Crippen LogP contribution in [0.2, 0.25) is 0 Å². The van der Waals surface area contributed by atoms with E-state index in [0.717, 1.165) is 30.5 Å². The highest BCUT2D eigenvalue weighted by Crippen LogP contribution is 2.28. The van der Waals surface area contributed by atoms with E-state index in [1.54, 1.807) is 18.2 Å². The fraction of sp³-hybridized carbons (Fsp3) is 0.450. The number of anilines is 2. The van der Waals surface area contributed by atoms with Crippen LogP contribution in [0.5, 0.6) is 5.75 Å². The third-order valence-corrected chi connectivity index (χ3v) is 5.53. The molecule has 0 aliphatic carbocycles. The molecule has 0 bridgehead atoms. The molecule has 2 aliphatic rings. The molecule has 4 rings (SSSR count). The summed E-state index contributed by atoms with van der Waals surface area (Å²) in [5.74, 6) is 1.45. The first kappa shape index (κ1) is 18.3. The number of piperazine rings is 1. The number of benzene rings is 1. The Morgan fingerprint density at radius 1 is 1.14 bits per heavy atom. The Morgan fingerprint density at radius 2 is 1.86 bits per heavy atom. The fourth-order valence-electron chi connectivity index (χ4n) is 3.93. The van der Waals surface area contributed by atoms with Crippen LogP contribution in [-0.2, 0) is 16.6 Å². The number of aryl methyl sites for hydroxylation is 1. The van der Waals surface area contributed by atoms with Gasteiger partial charge in [-0.05, 0) is 24.3 Å². The van der Waals surface area contributed by atoms with E-state index >= 15 is 0 Å². The van der Waals surface area contributed by atoms with Gasteiger partial charge in [0.1, 0.15) is 5.75 Å². The third-order valence-electron chi connectivity index (χ3n) is 5.53. The molecule has 28 heavy (non-hydrogen) atoms. The molecule has 8 nitrogen and oxygen atoms in total. The maximum absolute atomic E-state index is 13.0. The van der Waals surface area contributed by atoms with Crippen LogP contribution in [0.4, 0.5) is 11.6 Å². The highest BCUT2D eigenvalue weighted by molar-refractivity contribution is 6.00. The second-order valence-corrected chi connectivity index (χ2v) is 7.25. The first-order valence-electron chi connectivity index (χ1n) is 9.52. The molecule has 1 unspecified atom stereocenters. The van der Waals surface area contributed by atoms with Crippen LogP contribution in [-0.4, -0.2) is 66.1 Å². The van der Waals surface area contributed by atoms with Gasteiger partial charge in [0.25, 0.3) is 0 Å². The maximum Gasteiger partial charge on any atom is 0.228 e. The summed E-state index contributed by atoms with van der Waals surface area (Å²) >= 11 is 0. The van der Waals surface area contributed by atoms with E-state index in [9.17, 15) is 9.59 Å². The predicted octanol–water partition coefficient (Wildman–Crippen LogP) is 1.13. The summed E-state index contributed by atoms with van der Waals surface area (Å²) in [5.41, 5.74) is 0.806. The number of aromatic nitrogens is 2. The highest BCUT2D eigenvalue weighted by Gasteiger charge is 2.38. The molecule has 1 aromatic carbocycles. The quantitative estimate of drug-likeness (QED) is 0.792. The van der Waals surface area contributed by atoms with Gasteiger partial charge in [-0.25, -0.2) is 4.98 Å². The van der Waals surface area contributed by atoms with Crippen LogP contribution in [0.3, 0.4) is 0 Å². The average molecular weight is 383 g/mol. The summed E-state index contributed by atoms with van der Waals surface area (Å²) < 4.78 is 7.15. The average Bonchev–Trinajstić information content (AvgIpc) is 3.33.